The van der Waals surface area contributed by atoms with E-state index in [2.05, 4.69) is 48.3 Å². The summed E-state index contributed by atoms with van der Waals surface area (Å²) in [5.74, 6) is 0.494. The van der Waals surface area contributed by atoms with Crippen LogP contribution < -0.4 is 9.46 Å². The van der Waals surface area contributed by atoms with Crippen LogP contribution in [0, 0.1) is 34.6 Å². The number of para-hydroxylation sites is 1. The number of hydrogen-bond donors (Lipinski definition) is 1. The van der Waals surface area contributed by atoms with E-state index < -0.39 is 11.4 Å². The van der Waals surface area contributed by atoms with E-state index in [0.29, 0.717) is 18.7 Å². The second-order valence-electron chi connectivity index (χ2n) is 11.4. The zero-order chi connectivity index (χ0) is 31.7. The van der Waals surface area contributed by atoms with Crippen LogP contribution >= 0.6 is 11.6 Å². The molecule has 1 unspecified atom stereocenters. The van der Waals surface area contributed by atoms with Gasteiger partial charge in [-0.2, -0.15) is 9.82 Å². The first-order chi connectivity index (χ1) is 21.0. The van der Waals surface area contributed by atoms with Crippen molar-refractivity contribution in [1.29, 1.82) is 0 Å². The maximum atomic E-state index is 12.4. The van der Waals surface area contributed by atoms with Crippen molar-refractivity contribution in [3.63, 3.8) is 0 Å². The maximum absolute atomic E-state index is 12.4. The van der Waals surface area contributed by atoms with Crippen LogP contribution in [0.15, 0.2) is 54.6 Å². The van der Waals surface area contributed by atoms with Crippen LogP contribution in [0.4, 0.5) is 0 Å². The van der Waals surface area contributed by atoms with Crippen LogP contribution in [0.5, 0.6) is 5.75 Å². The van der Waals surface area contributed by atoms with Crippen molar-refractivity contribution in [2.24, 2.45) is 7.05 Å². The van der Waals surface area contributed by atoms with Gasteiger partial charge in [-0.05, 0) is 94.0 Å². The molecule has 7 nitrogen and oxygen atoms in total. The molecule has 0 aliphatic heterocycles. The Bertz CT molecular complexity index is 1820. The molecule has 0 saturated carbocycles. The van der Waals surface area contributed by atoms with Gasteiger partial charge in [0.25, 0.3) is 5.91 Å². The van der Waals surface area contributed by atoms with Crippen LogP contribution in [0.1, 0.15) is 56.1 Å². The number of aromatic nitrogens is 3. The minimum absolute atomic E-state index is 0.349. The van der Waals surface area contributed by atoms with E-state index in [1.165, 1.54) is 28.4 Å². The van der Waals surface area contributed by atoms with Crippen molar-refractivity contribution in [2.45, 2.75) is 54.0 Å². The molecular formula is C35H39ClN4O3S. The summed E-state index contributed by atoms with van der Waals surface area (Å²) < 4.78 is 24.4. The third-order valence-electron chi connectivity index (χ3n) is 8.29. The Morgan fingerprint density at radius 1 is 1.02 bits per heavy atom. The van der Waals surface area contributed by atoms with E-state index >= 15 is 0 Å². The Hall–Kier alpha value is -3.72. The van der Waals surface area contributed by atoms with Gasteiger partial charge >= 0.3 is 0 Å². The smallest absolute Gasteiger partial charge is 0.292 e. The summed E-state index contributed by atoms with van der Waals surface area (Å²) >= 11 is 4.93. The number of halogens is 1. The molecule has 2 aromatic heterocycles. The lowest BCUT2D eigenvalue weighted by molar-refractivity contribution is 0.0981. The number of aryl methyl sites for hydroxylation is 5. The fourth-order valence-corrected chi connectivity index (χ4v) is 6.53. The monoisotopic (exact) mass is 630 g/mol. The molecule has 0 aliphatic carbocycles. The largest absolute Gasteiger partial charge is 0.593 e. The number of ether oxygens (including phenoxy) is 1. The Morgan fingerprint density at radius 2 is 1.70 bits per heavy atom. The van der Waals surface area contributed by atoms with Gasteiger partial charge in [0.05, 0.1) is 29.2 Å². The zero-order valence-electron chi connectivity index (χ0n) is 26.4. The first-order valence-electron chi connectivity index (χ1n) is 14.7. The number of benzene rings is 3. The summed E-state index contributed by atoms with van der Waals surface area (Å²) in [5.41, 5.74) is 11.7. The Balaban J connectivity index is 1.50. The Morgan fingerprint density at radius 3 is 2.32 bits per heavy atom. The third kappa shape index (κ3) is 6.39. The van der Waals surface area contributed by atoms with Gasteiger partial charge in [0.15, 0.2) is 0 Å². The van der Waals surface area contributed by atoms with Crippen LogP contribution in [-0.2, 0) is 31.4 Å². The van der Waals surface area contributed by atoms with Crippen LogP contribution in [0.3, 0.4) is 0 Å². The molecule has 5 rings (SSSR count). The summed E-state index contributed by atoms with van der Waals surface area (Å²) in [6, 6.07) is 18.0. The van der Waals surface area contributed by atoms with Gasteiger partial charge < -0.3 is 13.9 Å². The number of fused-ring (bicyclic) bond motifs is 1. The lowest BCUT2D eigenvalue weighted by Crippen LogP contribution is -2.29. The molecule has 1 amide bonds. The molecule has 5 aromatic rings. The molecule has 0 bridgehead atoms. The number of carbonyl (C=O) groups is 1. The van der Waals surface area contributed by atoms with Crippen molar-refractivity contribution < 1.29 is 14.1 Å². The maximum Gasteiger partial charge on any atom is 0.292 e. The predicted molar refractivity (Wildman–Crippen MR) is 180 cm³/mol. The second kappa shape index (κ2) is 13.1. The predicted octanol–water partition coefficient (Wildman–Crippen LogP) is 7.32. The molecule has 0 radical (unpaired) electrons. The highest BCUT2D eigenvalue weighted by molar-refractivity contribution is 7.89. The molecule has 9 heteroatoms. The SMILES string of the molecule is Cc1cc(OCCCc2c(C)n(Cc3ccc(C(=O)N[S+](C)[O-])cc3)c3c(-c4c(C)nn(C)c4C)cccc23)cc(C)c1Cl. The van der Waals surface area contributed by atoms with Crippen LogP contribution in [0.2, 0.25) is 5.02 Å². The zero-order valence-corrected chi connectivity index (χ0v) is 27.9. The summed E-state index contributed by atoms with van der Waals surface area (Å²) in [6.45, 7) is 11.6. The van der Waals surface area contributed by atoms with Crippen molar-refractivity contribution >= 4 is 39.8 Å². The number of carbonyl (C=O) groups excluding carboxylic acids is 1. The van der Waals surface area contributed by atoms with E-state index in [4.69, 9.17) is 21.4 Å². The van der Waals surface area contributed by atoms with E-state index in [1.54, 1.807) is 12.1 Å². The highest BCUT2D eigenvalue weighted by Gasteiger charge is 2.21. The van der Waals surface area contributed by atoms with Gasteiger partial charge in [-0.15, -0.1) is 0 Å². The number of hydrogen-bond acceptors (Lipinski definition) is 4. The van der Waals surface area contributed by atoms with Crippen molar-refractivity contribution in [3.05, 3.63) is 105 Å². The lowest BCUT2D eigenvalue weighted by Gasteiger charge is -2.13. The van der Waals surface area contributed by atoms with Crippen molar-refractivity contribution in [2.75, 3.05) is 12.9 Å². The molecule has 2 heterocycles. The normalized spacial score (nSPS) is 12.1. The minimum atomic E-state index is -1.42. The van der Waals surface area contributed by atoms with E-state index in [9.17, 15) is 9.35 Å². The number of amides is 1. The fraction of sp³-hybridized carbons (Fsp3) is 0.314. The van der Waals surface area contributed by atoms with E-state index in [-0.39, 0.29) is 5.91 Å². The topological polar surface area (TPSA) is 84.1 Å². The first kappa shape index (κ1) is 31.7. The molecular weight excluding hydrogens is 592 g/mol. The Kier molecular flexibility index (Phi) is 9.44. The molecule has 1 atom stereocenters. The van der Waals surface area contributed by atoms with Gasteiger partial charge in [-0.1, -0.05) is 41.9 Å². The van der Waals surface area contributed by atoms with Gasteiger partial charge in [0, 0.05) is 52.1 Å². The molecule has 0 spiro atoms. The molecule has 230 valence electrons. The average molecular weight is 631 g/mol. The molecule has 0 fully saturated rings. The fourth-order valence-electron chi connectivity index (χ4n) is 6.04. The molecule has 44 heavy (non-hydrogen) atoms. The second-order valence-corrected chi connectivity index (χ2v) is 12.9. The average Bonchev–Trinajstić information content (AvgIpc) is 3.39. The molecule has 3 aromatic carbocycles. The summed E-state index contributed by atoms with van der Waals surface area (Å²) in [4.78, 5) is 12.4. The van der Waals surface area contributed by atoms with E-state index in [0.717, 1.165) is 62.8 Å². The van der Waals surface area contributed by atoms with Gasteiger partial charge in [-0.25, -0.2) is 0 Å². The standard InChI is InChI=1S/C35H39ClN4O3S/c1-21-18-28(19-22(2)33(21)36)43-17-9-12-29-24(4)40(20-26-13-15-27(16-14-26)35(41)38-44(7)42)34-30(29)10-8-11-31(34)32-23(3)37-39(6)25(32)5/h8,10-11,13-16,18-19H,9,12,17,20H2,1-7H3,(H,38,41). The highest BCUT2D eigenvalue weighted by atomic mass is 35.5. The quantitative estimate of drug-likeness (QED) is 0.129. The number of rotatable bonds is 10. The molecule has 0 saturated heterocycles. The van der Waals surface area contributed by atoms with E-state index in [1.807, 2.05) is 49.8 Å². The van der Waals surface area contributed by atoms with Crippen molar-refractivity contribution in [3.8, 4) is 16.9 Å². The van der Waals surface area contributed by atoms with Gasteiger partial charge in [0.1, 0.15) is 12.0 Å². The lowest BCUT2D eigenvalue weighted by atomic mass is 9.98. The Labute approximate surface area is 267 Å². The third-order valence-corrected chi connectivity index (χ3v) is 9.36. The summed E-state index contributed by atoms with van der Waals surface area (Å²) in [7, 11) is 1.98. The summed E-state index contributed by atoms with van der Waals surface area (Å²) in [5, 5.41) is 6.72. The summed E-state index contributed by atoms with van der Waals surface area (Å²) in [6.07, 6.45) is 3.17. The first-order valence-corrected chi connectivity index (χ1v) is 16.6. The van der Waals surface area contributed by atoms with Gasteiger partial charge in [0.2, 0.25) is 0 Å². The van der Waals surface area contributed by atoms with Crippen LogP contribution in [0.25, 0.3) is 22.0 Å². The highest BCUT2D eigenvalue weighted by Crippen LogP contribution is 2.38. The van der Waals surface area contributed by atoms with Crippen molar-refractivity contribution in [1.82, 2.24) is 19.1 Å². The van der Waals surface area contributed by atoms with Crippen LogP contribution in [-0.4, -0.2) is 37.7 Å². The number of nitrogens with zero attached hydrogens (tertiary/aromatic N) is 3. The molecule has 0 aliphatic rings. The molecule has 1 N–H and O–H groups in total. The van der Waals surface area contributed by atoms with Gasteiger partial charge in [-0.3, -0.25) is 9.48 Å². The minimum Gasteiger partial charge on any atom is -0.593 e. The number of nitrogens with one attached hydrogen (secondary N) is 1.